The van der Waals surface area contributed by atoms with Gasteiger partial charge in [-0.1, -0.05) is 139 Å². The summed E-state index contributed by atoms with van der Waals surface area (Å²) in [6, 6.07) is 57.3. The van der Waals surface area contributed by atoms with E-state index in [0.29, 0.717) is 0 Å². The van der Waals surface area contributed by atoms with Gasteiger partial charge in [0.15, 0.2) is 11.2 Å². The molecule has 0 aliphatic heterocycles. The third-order valence-electron chi connectivity index (χ3n) is 15.9. The average molecular weight is 913 g/mol. The Kier molecular flexibility index (Phi) is 6.39. The van der Waals surface area contributed by atoms with Crippen LogP contribution in [0, 0.1) is 0 Å². The highest BCUT2D eigenvalue weighted by Gasteiger charge is 2.43. The minimum absolute atomic E-state index is 0.301. The highest BCUT2D eigenvalue weighted by molar-refractivity contribution is 7.65. The Bertz CT molecular complexity index is 4480. The van der Waals surface area contributed by atoms with E-state index in [1.165, 1.54) is 54.7 Å². The highest BCUT2D eigenvalue weighted by Crippen LogP contribution is 2.66. The lowest BCUT2D eigenvalue weighted by Gasteiger charge is -2.29. The molecule has 0 fully saturated rings. The summed E-state index contributed by atoms with van der Waals surface area (Å²) in [6.07, 6.45) is 0. The molecule has 0 saturated carbocycles. The summed E-state index contributed by atoms with van der Waals surface area (Å²) >= 11 is 0. The average Bonchev–Trinajstić information content (AvgIpc) is 3.74. The van der Waals surface area contributed by atoms with Crippen molar-refractivity contribution in [1.29, 1.82) is 0 Å². The van der Waals surface area contributed by atoms with Gasteiger partial charge in [-0.05, 0) is 94.0 Å². The molecule has 68 heavy (non-hydrogen) atoms. The molecular formula is C60H38N2O4P2. The number of fused-ring (bicyclic) bond motifs is 10. The predicted molar refractivity (Wildman–Crippen MR) is 281 cm³/mol. The Morgan fingerprint density at radius 1 is 0.353 bits per heavy atom. The number of benzene rings is 9. The van der Waals surface area contributed by atoms with Crippen LogP contribution in [0.2, 0.25) is 0 Å². The van der Waals surface area contributed by atoms with Crippen molar-refractivity contribution in [2.24, 2.45) is 0 Å². The zero-order valence-electron chi connectivity index (χ0n) is 37.4. The van der Waals surface area contributed by atoms with Crippen molar-refractivity contribution in [3.8, 4) is 33.6 Å². The van der Waals surface area contributed by atoms with Gasteiger partial charge < -0.3 is 26.8 Å². The molecule has 2 atom stereocenters. The molecule has 322 valence electrons. The molecule has 17 rings (SSSR count). The van der Waals surface area contributed by atoms with Gasteiger partial charge in [-0.2, -0.15) is 0 Å². The van der Waals surface area contributed by atoms with E-state index in [-0.39, 0.29) is 10.8 Å². The lowest BCUT2D eigenvalue weighted by Crippen LogP contribution is -2.16. The van der Waals surface area contributed by atoms with Crippen molar-refractivity contribution in [3.05, 3.63) is 180 Å². The Morgan fingerprint density at radius 3 is 1.13 bits per heavy atom. The molecule has 0 spiro atoms. The second kappa shape index (κ2) is 11.9. The number of rotatable bonds is 2. The van der Waals surface area contributed by atoms with Crippen molar-refractivity contribution in [3.63, 3.8) is 0 Å². The van der Waals surface area contributed by atoms with Crippen molar-refractivity contribution in [2.75, 3.05) is 0 Å². The molecule has 0 radical (unpaired) electrons. The number of aromatic nitrogens is 2. The van der Waals surface area contributed by atoms with Crippen LogP contribution in [-0.4, -0.2) is 9.13 Å². The SMILES string of the molecule is CC1(C)c2ccccc2-c2cc3c4c(oc5cccc6oc7c8c9c(oc%10cccc%11oc%12c%13c(cc(c%12p9c%11%10)n8-c8ccccc8)-c8ccccc8C%13(C)C)c(c7p4c56)n3-c3ccccc3)c21. The second-order valence-electron chi connectivity index (χ2n) is 20.0. The summed E-state index contributed by atoms with van der Waals surface area (Å²) in [5.74, 6) is 0. The van der Waals surface area contributed by atoms with E-state index in [1.807, 2.05) is 0 Å². The summed E-state index contributed by atoms with van der Waals surface area (Å²) in [7, 11) is -2.51. The van der Waals surface area contributed by atoms with Gasteiger partial charge in [0.1, 0.15) is 44.5 Å². The molecular weight excluding hydrogens is 875 g/mol. The molecule has 0 amide bonds. The van der Waals surface area contributed by atoms with Gasteiger partial charge in [-0.25, -0.2) is 0 Å². The molecule has 6 heterocycles. The van der Waals surface area contributed by atoms with Crippen molar-refractivity contribution in [1.82, 2.24) is 9.13 Å². The minimum Gasteiger partial charge on any atom is -0.455 e. The fourth-order valence-electron chi connectivity index (χ4n) is 13.2. The molecule has 8 heteroatoms. The first-order valence-electron chi connectivity index (χ1n) is 23.4. The van der Waals surface area contributed by atoms with Crippen LogP contribution in [0.1, 0.15) is 49.9 Å². The summed E-state index contributed by atoms with van der Waals surface area (Å²) < 4.78 is 35.1. The molecule has 15 aromatic rings. The largest absolute Gasteiger partial charge is 0.455 e. The van der Waals surface area contributed by atoms with Crippen molar-refractivity contribution < 1.29 is 17.7 Å². The number of hydrogen-bond acceptors (Lipinski definition) is 4. The van der Waals surface area contributed by atoms with Gasteiger partial charge >= 0.3 is 0 Å². The van der Waals surface area contributed by atoms with E-state index < -0.39 is 14.7 Å². The smallest absolute Gasteiger partial charge is 0.166 e. The van der Waals surface area contributed by atoms with Crippen molar-refractivity contribution in [2.45, 2.75) is 38.5 Å². The standard InChI is InChI=1S/C60H38N2O4P2/c1-59(2)37-23-13-11-21-33(37)35-29-39-53-49(45(35)59)63-41-25-15-27-43-55(41)67(53)57-47(61(39)31-17-7-5-8-18-31)52-58-48(51(57)65-43)62(32-19-9-6-10-20-32)40-30-36-34-22-12-14-24-38(34)60(3,4)46(36)50-54(40)68(58)56-42(64-50)26-16-28-44(56)66-52/h5-30H,1-4H3. The molecule has 9 aromatic carbocycles. The Morgan fingerprint density at radius 2 is 0.721 bits per heavy atom. The topological polar surface area (TPSA) is 62.4 Å². The second-order valence-corrected chi connectivity index (χ2v) is 24.0. The van der Waals surface area contributed by atoms with Crippen molar-refractivity contribution >= 4 is 112 Å². The maximum atomic E-state index is 7.66. The summed E-state index contributed by atoms with van der Waals surface area (Å²) in [4.78, 5) is 0. The normalized spacial score (nSPS) is 15.5. The van der Waals surface area contributed by atoms with E-state index in [0.717, 1.165) is 98.6 Å². The van der Waals surface area contributed by atoms with E-state index in [1.54, 1.807) is 0 Å². The van der Waals surface area contributed by atoms with E-state index in [9.17, 15) is 0 Å². The van der Waals surface area contributed by atoms with Gasteiger partial charge in [0.05, 0.1) is 41.7 Å². The maximum Gasteiger partial charge on any atom is 0.166 e. The molecule has 2 aliphatic carbocycles. The summed E-state index contributed by atoms with van der Waals surface area (Å²) in [5.41, 5.74) is 23.0. The van der Waals surface area contributed by atoms with E-state index in [4.69, 9.17) is 17.7 Å². The molecule has 0 bridgehead atoms. The maximum absolute atomic E-state index is 7.66. The Hall–Kier alpha value is -7.62. The van der Waals surface area contributed by atoms with Gasteiger partial charge in [0.2, 0.25) is 0 Å². The van der Waals surface area contributed by atoms with Crippen LogP contribution in [0.3, 0.4) is 0 Å². The van der Waals surface area contributed by atoms with Gasteiger partial charge in [-0.3, -0.25) is 0 Å². The third-order valence-corrected chi connectivity index (χ3v) is 21.1. The van der Waals surface area contributed by atoms with Crippen LogP contribution < -0.4 is 0 Å². The van der Waals surface area contributed by atoms with Crippen LogP contribution in [0.5, 0.6) is 0 Å². The first-order chi connectivity index (χ1) is 33.3. The Labute approximate surface area is 389 Å². The van der Waals surface area contributed by atoms with Crippen LogP contribution in [0.15, 0.2) is 175 Å². The van der Waals surface area contributed by atoms with Gasteiger partial charge in [0, 0.05) is 33.3 Å². The minimum atomic E-state index is -1.26. The van der Waals surface area contributed by atoms with Gasteiger partial charge in [0.25, 0.3) is 0 Å². The highest BCUT2D eigenvalue weighted by atomic mass is 31.1. The molecule has 2 unspecified atom stereocenters. The molecule has 6 nitrogen and oxygen atoms in total. The van der Waals surface area contributed by atoms with Crippen LogP contribution in [0.4, 0.5) is 0 Å². The zero-order valence-corrected chi connectivity index (χ0v) is 39.2. The monoisotopic (exact) mass is 912 g/mol. The fraction of sp³-hybridized carbons (Fsp3) is 0.100. The first kappa shape index (κ1) is 36.5. The molecule has 0 N–H and O–H groups in total. The summed E-state index contributed by atoms with van der Waals surface area (Å²) in [6.45, 7) is 9.44. The lowest BCUT2D eigenvalue weighted by molar-refractivity contribution is 0.614. The third kappa shape index (κ3) is 4.03. The zero-order chi connectivity index (χ0) is 44.7. The van der Waals surface area contributed by atoms with E-state index >= 15 is 0 Å². The van der Waals surface area contributed by atoms with Crippen LogP contribution in [0.25, 0.3) is 131 Å². The fourth-order valence-corrected chi connectivity index (χ4v) is 18.9. The first-order valence-corrected chi connectivity index (χ1v) is 26.1. The Balaban J connectivity index is 1.24. The van der Waals surface area contributed by atoms with Gasteiger partial charge in [-0.15, -0.1) is 0 Å². The van der Waals surface area contributed by atoms with Crippen LogP contribution in [-0.2, 0) is 10.8 Å². The number of para-hydroxylation sites is 2. The molecule has 0 saturated heterocycles. The number of hydrogen-bond donors (Lipinski definition) is 0. The molecule has 2 aliphatic rings. The lowest BCUT2D eigenvalue weighted by atomic mass is 9.82. The summed E-state index contributed by atoms with van der Waals surface area (Å²) in [5, 5.41) is 7.00. The molecule has 6 aromatic heterocycles. The van der Waals surface area contributed by atoms with E-state index in [2.05, 4.69) is 195 Å². The number of nitrogens with zero attached hydrogens (tertiary/aromatic N) is 2. The van der Waals surface area contributed by atoms with Crippen LogP contribution >= 0.6 is 14.7 Å². The predicted octanol–water partition coefficient (Wildman–Crippen LogP) is 18.4. The quantitative estimate of drug-likeness (QED) is 0.128.